The number of aromatic amines is 1. The first-order valence-electron chi connectivity index (χ1n) is 4.18. The van der Waals surface area contributed by atoms with Gasteiger partial charge < -0.3 is 5.73 Å². The third-order valence-electron chi connectivity index (χ3n) is 2.02. The molecule has 2 aromatic rings. The second-order valence-electron chi connectivity index (χ2n) is 2.83. The number of nitrogen functional groups attached to an aromatic ring is 1. The summed E-state index contributed by atoms with van der Waals surface area (Å²) in [6, 6.07) is 2.13. The molecule has 0 bridgehead atoms. The zero-order chi connectivity index (χ0) is 9.26. The Bertz CT molecular complexity index is 402. The van der Waals surface area contributed by atoms with Crippen LogP contribution in [-0.2, 0) is 6.42 Å². The van der Waals surface area contributed by atoms with E-state index in [1.54, 1.807) is 17.5 Å². The SMILES string of the molecule is CCc1ccsc1-c1[nH]ncc1N. The number of anilines is 1. The molecule has 3 nitrogen and oxygen atoms in total. The normalized spacial score (nSPS) is 10.5. The van der Waals surface area contributed by atoms with Crippen molar-refractivity contribution < 1.29 is 0 Å². The van der Waals surface area contributed by atoms with E-state index in [1.165, 1.54) is 10.4 Å². The molecule has 0 aliphatic carbocycles. The number of nitrogens with one attached hydrogen (secondary N) is 1. The summed E-state index contributed by atoms with van der Waals surface area (Å²) in [5.74, 6) is 0. The molecule has 2 rings (SSSR count). The molecule has 0 spiro atoms. The van der Waals surface area contributed by atoms with Crippen LogP contribution in [-0.4, -0.2) is 10.2 Å². The zero-order valence-electron chi connectivity index (χ0n) is 7.37. The quantitative estimate of drug-likeness (QED) is 0.768. The molecule has 0 radical (unpaired) electrons. The predicted octanol–water partition coefficient (Wildman–Crippen LogP) is 2.28. The number of hydrogen-bond donors (Lipinski definition) is 2. The summed E-state index contributed by atoms with van der Waals surface area (Å²) in [5, 5.41) is 8.91. The second-order valence-corrected chi connectivity index (χ2v) is 3.74. The van der Waals surface area contributed by atoms with Gasteiger partial charge in [0, 0.05) is 0 Å². The van der Waals surface area contributed by atoms with Crippen LogP contribution in [0.1, 0.15) is 12.5 Å². The van der Waals surface area contributed by atoms with Crippen molar-refractivity contribution in [1.29, 1.82) is 0 Å². The van der Waals surface area contributed by atoms with Gasteiger partial charge in [-0.2, -0.15) is 5.10 Å². The van der Waals surface area contributed by atoms with Gasteiger partial charge >= 0.3 is 0 Å². The van der Waals surface area contributed by atoms with E-state index in [0.29, 0.717) is 0 Å². The highest BCUT2D eigenvalue weighted by molar-refractivity contribution is 7.13. The number of aromatic nitrogens is 2. The molecule has 2 heterocycles. The van der Waals surface area contributed by atoms with E-state index >= 15 is 0 Å². The molecule has 0 unspecified atom stereocenters. The number of thiophene rings is 1. The molecule has 0 amide bonds. The average molecular weight is 193 g/mol. The summed E-state index contributed by atoms with van der Waals surface area (Å²) in [4.78, 5) is 1.21. The number of hydrogen-bond acceptors (Lipinski definition) is 3. The molecule has 0 atom stereocenters. The summed E-state index contributed by atoms with van der Waals surface area (Å²) in [6.45, 7) is 2.14. The minimum atomic E-state index is 0.720. The molecule has 0 aliphatic rings. The molecule has 3 N–H and O–H groups in total. The van der Waals surface area contributed by atoms with Gasteiger partial charge in [0.15, 0.2) is 0 Å². The highest BCUT2D eigenvalue weighted by Gasteiger charge is 2.09. The fourth-order valence-electron chi connectivity index (χ4n) is 1.31. The van der Waals surface area contributed by atoms with Gasteiger partial charge in [-0.05, 0) is 23.4 Å². The van der Waals surface area contributed by atoms with Crippen LogP contribution in [0.25, 0.3) is 10.6 Å². The van der Waals surface area contributed by atoms with Gasteiger partial charge in [0.2, 0.25) is 0 Å². The van der Waals surface area contributed by atoms with Crippen molar-refractivity contribution in [2.24, 2.45) is 0 Å². The van der Waals surface area contributed by atoms with Crippen molar-refractivity contribution >= 4 is 17.0 Å². The Morgan fingerprint density at radius 1 is 1.62 bits per heavy atom. The van der Waals surface area contributed by atoms with Gasteiger partial charge in [-0.15, -0.1) is 11.3 Å². The minimum absolute atomic E-state index is 0.720. The zero-order valence-corrected chi connectivity index (χ0v) is 8.19. The largest absolute Gasteiger partial charge is 0.396 e. The average Bonchev–Trinajstić information content (AvgIpc) is 2.71. The van der Waals surface area contributed by atoms with Gasteiger partial charge in [-0.25, -0.2) is 0 Å². The molecular weight excluding hydrogens is 182 g/mol. The Labute approximate surface area is 80.6 Å². The van der Waals surface area contributed by atoms with E-state index in [-0.39, 0.29) is 0 Å². The standard InChI is InChI=1S/C9H11N3S/c1-2-6-3-4-13-9(6)8-7(10)5-11-12-8/h3-5H,2,10H2,1H3,(H,11,12). The Morgan fingerprint density at radius 3 is 3.08 bits per heavy atom. The smallest absolute Gasteiger partial charge is 0.0982 e. The lowest BCUT2D eigenvalue weighted by atomic mass is 10.1. The fourth-order valence-corrected chi connectivity index (χ4v) is 2.32. The molecule has 4 heteroatoms. The molecule has 2 aromatic heterocycles. The van der Waals surface area contributed by atoms with Crippen LogP contribution in [0.3, 0.4) is 0 Å². The summed E-state index contributed by atoms with van der Waals surface area (Å²) in [6.07, 6.45) is 2.67. The van der Waals surface area contributed by atoms with Crippen molar-refractivity contribution in [3.05, 3.63) is 23.2 Å². The van der Waals surface area contributed by atoms with Gasteiger partial charge in [0.05, 0.1) is 22.5 Å². The maximum atomic E-state index is 5.77. The van der Waals surface area contributed by atoms with Gasteiger partial charge in [-0.3, -0.25) is 5.10 Å². The van der Waals surface area contributed by atoms with E-state index in [2.05, 4.69) is 28.6 Å². The van der Waals surface area contributed by atoms with Gasteiger partial charge in [-0.1, -0.05) is 6.92 Å². The monoisotopic (exact) mass is 193 g/mol. The van der Waals surface area contributed by atoms with Crippen molar-refractivity contribution in [2.75, 3.05) is 5.73 Å². The molecule has 0 fully saturated rings. The predicted molar refractivity (Wildman–Crippen MR) is 55.7 cm³/mol. The van der Waals surface area contributed by atoms with Crippen molar-refractivity contribution in [1.82, 2.24) is 10.2 Å². The lowest BCUT2D eigenvalue weighted by Crippen LogP contribution is -1.87. The molecule has 0 saturated carbocycles. The highest BCUT2D eigenvalue weighted by Crippen LogP contribution is 2.31. The lowest BCUT2D eigenvalue weighted by molar-refractivity contribution is 1.09. The van der Waals surface area contributed by atoms with Crippen molar-refractivity contribution in [3.8, 4) is 10.6 Å². The maximum Gasteiger partial charge on any atom is 0.0982 e. The number of nitrogens with zero attached hydrogens (tertiary/aromatic N) is 1. The summed E-state index contributed by atoms with van der Waals surface area (Å²) >= 11 is 1.69. The van der Waals surface area contributed by atoms with E-state index in [9.17, 15) is 0 Å². The third-order valence-corrected chi connectivity index (χ3v) is 3.00. The van der Waals surface area contributed by atoms with Crippen molar-refractivity contribution in [2.45, 2.75) is 13.3 Å². The molecule has 0 saturated heterocycles. The van der Waals surface area contributed by atoms with Crippen LogP contribution >= 0.6 is 11.3 Å². The third kappa shape index (κ3) is 1.33. The van der Waals surface area contributed by atoms with E-state index in [0.717, 1.165) is 17.8 Å². The van der Waals surface area contributed by atoms with Crippen LogP contribution in [0.15, 0.2) is 17.6 Å². The highest BCUT2D eigenvalue weighted by atomic mass is 32.1. The van der Waals surface area contributed by atoms with Crippen LogP contribution in [0.2, 0.25) is 0 Å². The first kappa shape index (κ1) is 8.31. The van der Waals surface area contributed by atoms with Gasteiger partial charge in [0.25, 0.3) is 0 Å². The Kier molecular flexibility index (Phi) is 2.06. The number of H-pyrrole nitrogens is 1. The molecule has 13 heavy (non-hydrogen) atoms. The molecule has 0 aliphatic heterocycles. The summed E-state index contributed by atoms with van der Waals surface area (Å²) < 4.78 is 0. The van der Waals surface area contributed by atoms with Crippen molar-refractivity contribution in [3.63, 3.8) is 0 Å². The topological polar surface area (TPSA) is 54.7 Å². The number of rotatable bonds is 2. The number of nitrogens with two attached hydrogens (primary N) is 1. The van der Waals surface area contributed by atoms with Gasteiger partial charge in [0.1, 0.15) is 0 Å². The van der Waals surface area contributed by atoms with Crippen LogP contribution in [0.5, 0.6) is 0 Å². The maximum absolute atomic E-state index is 5.77. The van der Waals surface area contributed by atoms with Crippen LogP contribution in [0, 0.1) is 0 Å². The fraction of sp³-hybridized carbons (Fsp3) is 0.222. The lowest BCUT2D eigenvalue weighted by Gasteiger charge is -1.98. The first-order valence-corrected chi connectivity index (χ1v) is 5.06. The molecule has 0 aromatic carbocycles. The Morgan fingerprint density at radius 2 is 2.46 bits per heavy atom. The summed E-state index contributed by atoms with van der Waals surface area (Å²) in [5.41, 5.74) is 8.76. The molecular formula is C9H11N3S. The molecule has 68 valence electrons. The second kappa shape index (κ2) is 3.22. The van der Waals surface area contributed by atoms with Crippen LogP contribution in [0.4, 0.5) is 5.69 Å². The Balaban J connectivity index is 2.52. The number of aryl methyl sites for hydroxylation is 1. The van der Waals surface area contributed by atoms with Crippen LogP contribution < -0.4 is 5.73 Å². The first-order chi connectivity index (χ1) is 6.33. The van der Waals surface area contributed by atoms with E-state index in [4.69, 9.17) is 5.73 Å². The van der Waals surface area contributed by atoms with E-state index < -0.39 is 0 Å². The minimum Gasteiger partial charge on any atom is -0.396 e. The Hall–Kier alpha value is -1.29. The summed E-state index contributed by atoms with van der Waals surface area (Å²) in [7, 11) is 0. The van der Waals surface area contributed by atoms with E-state index in [1.807, 2.05) is 0 Å².